The number of anilines is 2. The van der Waals surface area contributed by atoms with Gasteiger partial charge in [-0.1, -0.05) is 0 Å². The van der Waals surface area contributed by atoms with Crippen LogP contribution >= 0.6 is 0 Å². The molecule has 0 spiro atoms. The van der Waals surface area contributed by atoms with Gasteiger partial charge in [-0.05, 0) is 39.4 Å². The van der Waals surface area contributed by atoms with Gasteiger partial charge in [0.1, 0.15) is 6.07 Å². The summed E-state index contributed by atoms with van der Waals surface area (Å²) in [6.07, 6.45) is 5.27. The van der Waals surface area contributed by atoms with Gasteiger partial charge < -0.3 is 15.5 Å². The molecule has 0 saturated heterocycles. The second-order valence-electron chi connectivity index (χ2n) is 5.58. The Kier molecular flexibility index (Phi) is 3.63. The standard InChI is InChI=1S/C14H21N5/c1-18(2)14(5-4-6-14)10-19(3)13-12(16)7-11(8-15)9-17-13/h7,9H,4-6,10,16H2,1-3H3. The van der Waals surface area contributed by atoms with Crippen molar-refractivity contribution in [3.63, 3.8) is 0 Å². The first-order valence-electron chi connectivity index (χ1n) is 6.53. The lowest BCUT2D eigenvalue weighted by Gasteiger charge is -2.49. The summed E-state index contributed by atoms with van der Waals surface area (Å²) in [5, 5.41) is 8.83. The Morgan fingerprint density at radius 1 is 1.42 bits per heavy atom. The lowest BCUT2D eigenvalue weighted by molar-refractivity contribution is 0.0682. The van der Waals surface area contributed by atoms with Gasteiger partial charge >= 0.3 is 0 Å². The molecule has 5 heteroatoms. The highest BCUT2D eigenvalue weighted by Gasteiger charge is 2.40. The Morgan fingerprint density at radius 2 is 2.11 bits per heavy atom. The highest BCUT2D eigenvalue weighted by molar-refractivity contribution is 5.64. The Bertz CT molecular complexity index is 499. The van der Waals surface area contributed by atoms with Gasteiger partial charge in [0, 0.05) is 25.3 Å². The van der Waals surface area contributed by atoms with Crippen molar-refractivity contribution in [1.29, 1.82) is 5.26 Å². The molecule has 0 aromatic carbocycles. The number of aromatic nitrogens is 1. The van der Waals surface area contributed by atoms with E-state index in [2.05, 4.69) is 34.9 Å². The number of nitrogens with two attached hydrogens (primary N) is 1. The largest absolute Gasteiger partial charge is 0.396 e. The summed E-state index contributed by atoms with van der Waals surface area (Å²) in [5.41, 5.74) is 7.28. The predicted octanol–water partition coefficient (Wildman–Crippen LogP) is 1.46. The summed E-state index contributed by atoms with van der Waals surface area (Å²) in [5.74, 6) is 0.757. The monoisotopic (exact) mass is 259 g/mol. The molecule has 5 nitrogen and oxygen atoms in total. The van der Waals surface area contributed by atoms with Gasteiger partial charge in [0.15, 0.2) is 5.82 Å². The molecule has 102 valence electrons. The summed E-state index contributed by atoms with van der Waals surface area (Å²) >= 11 is 0. The van der Waals surface area contributed by atoms with E-state index in [4.69, 9.17) is 11.0 Å². The maximum atomic E-state index is 8.83. The minimum absolute atomic E-state index is 0.233. The van der Waals surface area contributed by atoms with Crippen LogP contribution in [0.25, 0.3) is 0 Å². The Labute approximate surface area is 114 Å². The quantitative estimate of drug-likeness (QED) is 0.886. The summed E-state index contributed by atoms with van der Waals surface area (Å²) in [7, 11) is 6.26. The number of rotatable bonds is 4. The van der Waals surface area contributed by atoms with Crippen molar-refractivity contribution < 1.29 is 0 Å². The number of likely N-dealkylation sites (N-methyl/N-ethyl adjacent to an activating group) is 2. The molecule has 1 aromatic heterocycles. The molecule has 0 radical (unpaired) electrons. The second kappa shape index (κ2) is 5.06. The van der Waals surface area contributed by atoms with E-state index in [-0.39, 0.29) is 5.54 Å². The highest BCUT2D eigenvalue weighted by atomic mass is 15.3. The molecule has 0 amide bonds. The number of hydrogen-bond donors (Lipinski definition) is 1. The summed E-state index contributed by atoms with van der Waals surface area (Å²) in [6, 6.07) is 3.74. The normalized spacial score (nSPS) is 16.8. The van der Waals surface area contributed by atoms with Gasteiger partial charge in [-0.25, -0.2) is 4.98 Å². The van der Waals surface area contributed by atoms with Crippen LogP contribution in [0.3, 0.4) is 0 Å². The van der Waals surface area contributed by atoms with Gasteiger partial charge in [-0.2, -0.15) is 5.26 Å². The van der Waals surface area contributed by atoms with Gasteiger partial charge in [0.05, 0.1) is 11.3 Å². The second-order valence-corrected chi connectivity index (χ2v) is 5.58. The topological polar surface area (TPSA) is 69.2 Å². The summed E-state index contributed by atoms with van der Waals surface area (Å²) < 4.78 is 0. The van der Waals surface area contributed by atoms with Crippen molar-refractivity contribution in [3.8, 4) is 6.07 Å². The van der Waals surface area contributed by atoms with Gasteiger partial charge in [0.25, 0.3) is 0 Å². The summed E-state index contributed by atoms with van der Waals surface area (Å²) in [4.78, 5) is 8.70. The molecular formula is C14H21N5. The van der Waals surface area contributed by atoms with Crippen LogP contribution in [0.15, 0.2) is 12.3 Å². The van der Waals surface area contributed by atoms with Crippen LogP contribution in [0.5, 0.6) is 0 Å². The Balaban J connectivity index is 2.16. The zero-order valence-electron chi connectivity index (χ0n) is 11.8. The molecule has 1 heterocycles. The molecule has 1 aromatic rings. The first-order valence-corrected chi connectivity index (χ1v) is 6.53. The SMILES string of the molecule is CN(CC1(N(C)C)CCC1)c1ncc(C#N)cc1N. The molecule has 2 N–H and O–H groups in total. The lowest BCUT2D eigenvalue weighted by atomic mass is 9.75. The van der Waals surface area contributed by atoms with Crippen LogP contribution in [0, 0.1) is 11.3 Å². The average molecular weight is 259 g/mol. The van der Waals surface area contributed by atoms with Crippen molar-refractivity contribution in [2.24, 2.45) is 0 Å². The third-order valence-electron chi connectivity index (χ3n) is 4.15. The molecule has 0 unspecified atom stereocenters. The van der Waals surface area contributed by atoms with Crippen molar-refractivity contribution in [2.45, 2.75) is 24.8 Å². The highest BCUT2D eigenvalue weighted by Crippen LogP contribution is 2.37. The number of hydrogen-bond acceptors (Lipinski definition) is 5. The molecule has 0 atom stereocenters. The molecule has 1 aliphatic rings. The number of nitrogen functional groups attached to an aromatic ring is 1. The fourth-order valence-electron chi connectivity index (χ4n) is 2.70. The molecule has 0 bridgehead atoms. The van der Waals surface area contributed by atoms with Crippen LogP contribution in [0.1, 0.15) is 24.8 Å². The van der Waals surface area contributed by atoms with E-state index < -0.39 is 0 Å². The fraction of sp³-hybridized carbons (Fsp3) is 0.571. The van der Waals surface area contributed by atoms with E-state index in [1.165, 1.54) is 19.3 Å². The number of nitrogens with zero attached hydrogens (tertiary/aromatic N) is 4. The zero-order valence-corrected chi connectivity index (χ0v) is 11.8. The maximum absolute atomic E-state index is 8.83. The maximum Gasteiger partial charge on any atom is 0.151 e. The van der Waals surface area contributed by atoms with Crippen LogP contribution < -0.4 is 10.6 Å². The van der Waals surface area contributed by atoms with Crippen molar-refractivity contribution >= 4 is 11.5 Å². The minimum atomic E-state index is 0.233. The van der Waals surface area contributed by atoms with E-state index in [1.807, 2.05) is 7.05 Å². The lowest BCUT2D eigenvalue weighted by Crippen LogP contribution is -2.56. The van der Waals surface area contributed by atoms with E-state index in [0.29, 0.717) is 11.3 Å². The van der Waals surface area contributed by atoms with E-state index in [9.17, 15) is 0 Å². The van der Waals surface area contributed by atoms with Gasteiger partial charge in [-0.15, -0.1) is 0 Å². The molecule has 2 rings (SSSR count). The van der Waals surface area contributed by atoms with Crippen LogP contribution in [0.4, 0.5) is 11.5 Å². The predicted molar refractivity (Wildman–Crippen MR) is 76.9 cm³/mol. The first-order chi connectivity index (χ1) is 8.98. The molecule has 1 fully saturated rings. The van der Waals surface area contributed by atoms with Crippen molar-refractivity contribution in [2.75, 3.05) is 38.3 Å². The molecule has 1 saturated carbocycles. The van der Waals surface area contributed by atoms with Crippen LogP contribution in [-0.2, 0) is 0 Å². The third-order valence-corrected chi connectivity index (χ3v) is 4.15. The Hall–Kier alpha value is -1.80. The third kappa shape index (κ3) is 2.49. The average Bonchev–Trinajstić information content (AvgIpc) is 2.32. The van der Waals surface area contributed by atoms with Gasteiger partial charge in [0.2, 0.25) is 0 Å². The van der Waals surface area contributed by atoms with Crippen LogP contribution in [0.2, 0.25) is 0 Å². The zero-order chi connectivity index (χ0) is 14.0. The first kappa shape index (κ1) is 13.6. The smallest absolute Gasteiger partial charge is 0.151 e. The van der Waals surface area contributed by atoms with Gasteiger partial charge in [-0.3, -0.25) is 0 Å². The minimum Gasteiger partial charge on any atom is -0.396 e. The van der Waals surface area contributed by atoms with E-state index in [1.54, 1.807) is 12.3 Å². The number of pyridine rings is 1. The van der Waals surface area contributed by atoms with E-state index in [0.717, 1.165) is 12.4 Å². The molecule has 1 aliphatic carbocycles. The fourth-order valence-corrected chi connectivity index (χ4v) is 2.70. The molecular weight excluding hydrogens is 238 g/mol. The number of nitriles is 1. The summed E-state index contributed by atoms with van der Waals surface area (Å²) in [6.45, 7) is 0.906. The van der Waals surface area contributed by atoms with Crippen molar-refractivity contribution in [3.05, 3.63) is 17.8 Å². The molecule has 0 aliphatic heterocycles. The Morgan fingerprint density at radius 3 is 2.53 bits per heavy atom. The van der Waals surface area contributed by atoms with Crippen molar-refractivity contribution in [1.82, 2.24) is 9.88 Å². The van der Waals surface area contributed by atoms with Crippen LogP contribution in [-0.4, -0.2) is 43.1 Å². The molecule has 19 heavy (non-hydrogen) atoms. The van der Waals surface area contributed by atoms with E-state index >= 15 is 0 Å².